The van der Waals surface area contributed by atoms with Gasteiger partial charge in [-0.05, 0) is 35.9 Å². The molecule has 0 fully saturated rings. The summed E-state index contributed by atoms with van der Waals surface area (Å²) in [6, 6.07) is 9.21. The van der Waals surface area contributed by atoms with Crippen LogP contribution in [0.4, 0.5) is 4.39 Å². The van der Waals surface area contributed by atoms with Crippen molar-refractivity contribution in [1.82, 2.24) is 4.98 Å². The highest BCUT2D eigenvalue weighted by atomic mass is 32.2. The van der Waals surface area contributed by atoms with Gasteiger partial charge in [0.25, 0.3) is 0 Å². The fraction of sp³-hybridized carbons (Fsp3) is 0.0833. The standard InChI is InChI=1S/C12H9FN2O2S/c13-10-3-1-8(2-4-10)11-5-9(6-14)12(15-11)7-18(16)17/h1-5,15,18H,7H2. The maximum Gasteiger partial charge on any atom is 0.145 e. The van der Waals surface area contributed by atoms with Crippen LogP contribution in [0.15, 0.2) is 30.3 Å². The van der Waals surface area contributed by atoms with Gasteiger partial charge in [-0.3, -0.25) is 0 Å². The van der Waals surface area contributed by atoms with Gasteiger partial charge in [-0.2, -0.15) is 5.26 Å². The zero-order chi connectivity index (χ0) is 13.1. The molecular formula is C12H9FN2O2S. The predicted molar refractivity (Wildman–Crippen MR) is 64.9 cm³/mol. The van der Waals surface area contributed by atoms with Crippen molar-refractivity contribution in [1.29, 1.82) is 5.26 Å². The Hall–Kier alpha value is -2.13. The summed E-state index contributed by atoms with van der Waals surface area (Å²) in [7, 11) is -2.60. The number of nitrogens with one attached hydrogen (secondary N) is 1. The van der Waals surface area contributed by atoms with Crippen LogP contribution in [-0.4, -0.2) is 13.4 Å². The highest BCUT2D eigenvalue weighted by Gasteiger charge is 2.10. The molecule has 0 amide bonds. The van der Waals surface area contributed by atoms with Crippen molar-refractivity contribution >= 4 is 10.7 Å². The summed E-state index contributed by atoms with van der Waals surface area (Å²) < 4.78 is 34.2. The van der Waals surface area contributed by atoms with Gasteiger partial charge in [-0.15, -0.1) is 0 Å². The Morgan fingerprint density at radius 3 is 2.50 bits per heavy atom. The van der Waals surface area contributed by atoms with Gasteiger partial charge in [0.05, 0.1) is 11.3 Å². The molecule has 92 valence electrons. The van der Waals surface area contributed by atoms with Crippen molar-refractivity contribution in [2.24, 2.45) is 0 Å². The lowest BCUT2D eigenvalue weighted by Crippen LogP contribution is -1.90. The van der Waals surface area contributed by atoms with Crippen molar-refractivity contribution in [3.63, 3.8) is 0 Å². The quantitative estimate of drug-likeness (QED) is 0.830. The van der Waals surface area contributed by atoms with Gasteiger partial charge in [0, 0.05) is 11.4 Å². The minimum Gasteiger partial charge on any atom is -0.356 e. The molecule has 1 aromatic heterocycles. The molecule has 0 saturated heterocycles. The molecule has 0 saturated carbocycles. The van der Waals surface area contributed by atoms with E-state index in [-0.39, 0.29) is 17.1 Å². The zero-order valence-electron chi connectivity index (χ0n) is 9.18. The largest absolute Gasteiger partial charge is 0.356 e. The molecule has 1 aromatic carbocycles. The molecule has 0 aliphatic carbocycles. The Balaban J connectivity index is 2.44. The van der Waals surface area contributed by atoms with E-state index in [1.165, 1.54) is 12.1 Å². The topological polar surface area (TPSA) is 73.7 Å². The van der Waals surface area contributed by atoms with Gasteiger partial charge in [0.15, 0.2) is 0 Å². The molecule has 2 aromatic rings. The average molecular weight is 264 g/mol. The number of nitrogens with zero attached hydrogens (tertiary/aromatic N) is 1. The van der Waals surface area contributed by atoms with E-state index in [1.54, 1.807) is 18.2 Å². The van der Waals surface area contributed by atoms with Gasteiger partial charge in [0.2, 0.25) is 0 Å². The number of aromatic nitrogens is 1. The summed E-state index contributed by atoms with van der Waals surface area (Å²) in [5.41, 5.74) is 1.93. The molecule has 18 heavy (non-hydrogen) atoms. The van der Waals surface area contributed by atoms with Gasteiger partial charge < -0.3 is 4.98 Å². The van der Waals surface area contributed by atoms with Crippen molar-refractivity contribution in [2.75, 3.05) is 0 Å². The molecule has 1 N–H and O–H groups in total. The number of nitriles is 1. The smallest absolute Gasteiger partial charge is 0.145 e. The second kappa shape index (κ2) is 5.02. The van der Waals surface area contributed by atoms with Crippen molar-refractivity contribution in [3.8, 4) is 17.3 Å². The minimum atomic E-state index is -2.60. The number of rotatable bonds is 3. The number of hydrogen-bond acceptors (Lipinski definition) is 3. The van der Waals surface area contributed by atoms with Crippen LogP contribution in [0.25, 0.3) is 11.3 Å². The molecule has 0 radical (unpaired) electrons. The fourth-order valence-corrected chi connectivity index (χ4v) is 2.14. The number of H-pyrrole nitrogens is 1. The molecule has 0 spiro atoms. The molecular weight excluding hydrogens is 255 g/mol. The molecule has 0 aliphatic heterocycles. The first-order valence-electron chi connectivity index (χ1n) is 5.10. The van der Waals surface area contributed by atoms with E-state index in [2.05, 4.69) is 4.98 Å². The first-order chi connectivity index (χ1) is 8.60. The number of benzene rings is 1. The molecule has 6 heteroatoms. The van der Waals surface area contributed by atoms with E-state index < -0.39 is 10.7 Å². The highest BCUT2D eigenvalue weighted by molar-refractivity contribution is 7.71. The summed E-state index contributed by atoms with van der Waals surface area (Å²) in [6.45, 7) is 0. The van der Waals surface area contributed by atoms with Crippen LogP contribution in [0.3, 0.4) is 0 Å². The van der Waals surface area contributed by atoms with Crippen LogP contribution in [0, 0.1) is 17.1 Å². The SMILES string of the molecule is N#Cc1cc(-c2ccc(F)cc2)[nH]c1C[SH](=O)=O. The Bertz CT molecular complexity index is 673. The van der Waals surface area contributed by atoms with Crippen LogP contribution in [0.2, 0.25) is 0 Å². The number of thiol groups is 1. The summed E-state index contributed by atoms with van der Waals surface area (Å²) in [5.74, 6) is -0.562. The second-order valence-electron chi connectivity index (χ2n) is 3.68. The Labute approximate surface area is 105 Å². The number of aromatic amines is 1. The van der Waals surface area contributed by atoms with E-state index in [4.69, 9.17) is 5.26 Å². The Kier molecular flexibility index (Phi) is 3.44. The summed E-state index contributed by atoms with van der Waals surface area (Å²) >= 11 is 0. The molecule has 0 bridgehead atoms. The van der Waals surface area contributed by atoms with Crippen LogP contribution in [-0.2, 0) is 16.5 Å². The average Bonchev–Trinajstić information content (AvgIpc) is 2.72. The number of hydrogen-bond donors (Lipinski definition) is 2. The third-order valence-electron chi connectivity index (χ3n) is 2.46. The third kappa shape index (κ3) is 2.57. The van der Waals surface area contributed by atoms with Gasteiger partial charge in [-0.25, -0.2) is 12.8 Å². The summed E-state index contributed by atoms with van der Waals surface area (Å²) in [5, 5.41) is 8.91. The molecule has 0 aliphatic rings. The van der Waals surface area contributed by atoms with Crippen LogP contribution in [0.5, 0.6) is 0 Å². The van der Waals surface area contributed by atoms with E-state index in [1.807, 2.05) is 6.07 Å². The fourth-order valence-electron chi connectivity index (χ4n) is 1.64. The normalized spacial score (nSPS) is 10.5. The van der Waals surface area contributed by atoms with Crippen molar-refractivity contribution < 1.29 is 12.8 Å². The molecule has 0 unspecified atom stereocenters. The van der Waals surface area contributed by atoms with Crippen molar-refractivity contribution in [2.45, 2.75) is 5.75 Å². The first kappa shape index (κ1) is 12.3. The molecule has 4 nitrogen and oxygen atoms in total. The maximum absolute atomic E-state index is 12.8. The van der Waals surface area contributed by atoms with Crippen LogP contribution in [0.1, 0.15) is 11.3 Å². The van der Waals surface area contributed by atoms with Gasteiger partial charge in [0.1, 0.15) is 22.6 Å². The van der Waals surface area contributed by atoms with E-state index in [0.29, 0.717) is 17.0 Å². The molecule has 0 atom stereocenters. The van der Waals surface area contributed by atoms with E-state index in [0.717, 1.165) is 0 Å². The predicted octanol–water partition coefficient (Wildman–Crippen LogP) is 1.80. The lowest BCUT2D eigenvalue weighted by molar-refractivity contribution is 0.613. The summed E-state index contributed by atoms with van der Waals surface area (Å²) in [4.78, 5) is 2.87. The van der Waals surface area contributed by atoms with Crippen LogP contribution < -0.4 is 0 Å². The molecule has 2 rings (SSSR count). The highest BCUT2D eigenvalue weighted by Crippen LogP contribution is 2.22. The van der Waals surface area contributed by atoms with Crippen LogP contribution >= 0.6 is 0 Å². The monoisotopic (exact) mass is 264 g/mol. The van der Waals surface area contributed by atoms with E-state index in [9.17, 15) is 12.8 Å². The Morgan fingerprint density at radius 2 is 1.94 bits per heavy atom. The first-order valence-corrected chi connectivity index (χ1v) is 6.46. The van der Waals surface area contributed by atoms with Gasteiger partial charge >= 0.3 is 0 Å². The van der Waals surface area contributed by atoms with E-state index >= 15 is 0 Å². The molecule has 1 heterocycles. The Morgan fingerprint density at radius 1 is 1.28 bits per heavy atom. The lowest BCUT2D eigenvalue weighted by Gasteiger charge is -1.97. The van der Waals surface area contributed by atoms with Gasteiger partial charge in [-0.1, -0.05) is 0 Å². The minimum absolute atomic E-state index is 0.209. The second-order valence-corrected chi connectivity index (χ2v) is 4.67. The lowest BCUT2D eigenvalue weighted by atomic mass is 10.1. The summed E-state index contributed by atoms with van der Waals surface area (Å²) in [6.07, 6.45) is 0. The number of halogens is 1. The van der Waals surface area contributed by atoms with Crippen molar-refractivity contribution in [3.05, 3.63) is 47.4 Å². The maximum atomic E-state index is 12.8. The third-order valence-corrected chi connectivity index (χ3v) is 3.04. The zero-order valence-corrected chi connectivity index (χ0v) is 10.1.